The lowest BCUT2D eigenvalue weighted by atomic mass is 10.1. The Morgan fingerprint density at radius 3 is 2.67 bits per heavy atom. The van der Waals surface area contributed by atoms with Crippen molar-refractivity contribution in [3.8, 4) is 0 Å². The molecule has 0 N–H and O–H groups in total. The third kappa shape index (κ3) is 3.59. The second-order valence-electron chi connectivity index (χ2n) is 5.50. The predicted molar refractivity (Wildman–Crippen MR) is 80.1 cm³/mol. The normalized spacial score (nSPS) is 18.1. The van der Waals surface area contributed by atoms with E-state index in [2.05, 4.69) is 0 Å². The summed E-state index contributed by atoms with van der Waals surface area (Å²) in [6, 6.07) is 1.97. The molecule has 0 aliphatic carbocycles. The van der Waals surface area contributed by atoms with Gasteiger partial charge in [0.1, 0.15) is 17.4 Å². The average molecular weight is 313 g/mol. The molecule has 2 heterocycles. The number of alkyl halides is 1. The van der Waals surface area contributed by atoms with E-state index in [0.29, 0.717) is 19.6 Å². The van der Waals surface area contributed by atoms with Crippen molar-refractivity contribution in [2.24, 2.45) is 0 Å². The SMILES string of the molecule is CC(=O)N1CCC(N(Cc2cc(C)oc2C)C(=O)CCl)C1. The van der Waals surface area contributed by atoms with Gasteiger partial charge in [0.05, 0.1) is 6.04 Å². The van der Waals surface area contributed by atoms with Gasteiger partial charge in [-0.15, -0.1) is 11.6 Å². The largest absolute Gasteiger partial charge is 0.466 e. The third-order valence-corrected chi connectivity index (χ3v) is 4.20. The first-order valence-electron chi connectivity index (χ1n) is 7.09. The van der Waals surface area contributed by atoms with Crippen molar-refractivity contribution in [3.63, 3.8) is 0 Å². The first-order chi connectivity index (χ1) is 9.92. The number of hydrogen-bond donors (Lipinski definition) is 0. The van der Waals surface area contributed by atoms with Crippen LogP contribution in [0.15, 0.2) is 10.5 Å². The fourth-order valence-electron chi connectivity index (χ4n) is 2.80. The summed E-state index contributed by atoms with van der Waals surface area (Å²) in [4.78, 5) is 27.2. The highest BCUT2D eigenvalue weighted by Gasteiger charge is 2.32. The maximum absolute atomic E-state index is 12.2. The van der Waals surface area contributed by atoms with E-state index in [1.807, 2.05) is 19.9 Å². The lowest BCUT2D eigenvalue weighted by Crippen LogP contribution is -2.42. The number of carbonyl (C=O) groups is 2. The van der Waals surface area contributed by atoms with Gasteiger partial charge in [-0.05, 0) is 26.3 Å². The number of furan rings is 1. The summed E-state index contributed by atoms with van der Waals surface area (Å²) in [7, 11) is 0. The highest BCUT2D eigenvalue weighted by Crippen LogP contribution is 2.22. The van der Waals surface area contributed by atoms with Crippen LogP contribution in [0.25, 0.3) is 0 Å². The molecule has 6 heteroatoms. The minimum atomic E-state index is -0.106. The van der Waals surface area contributed by atoms with Crippen LogP contribution >= 0.6 is 11.6 Å². The van der Waals surface area contributed by atoms with Gasteiger partial charge < -0.3 is 14.2 Å². The minimum Gasteiger partial charge on any atom is -0.466 e. The summed E-state index contributed by atoms with van der Waals surface area (Å²) in [6.07, 6.45) is 0.790. The van der Waals surface area contributed by atoms with Crippen molar-refractivity contribution in [3.05, 3.63) is 23.2 Å². The molecule has 0 saturated carbocycles. The highest BCUT2D eigenvalue weighted by molar-refractivity contribution is 6.27. The van der Waals surface area contributed by atoms with Crippen LogP contribution in [-0.2, 0) is 16.1 Å². The van der Waals surface area contributed by atoms with Crippen molar-refractivity contribution >= 4 is 23.4 Å². The second kappa shape index (κ2) is 6.52. The molecule has 1 aromatic rings. The van der Waals surface area contributed by atoms with E-state index in [1.54, 1.807) is 16.7 Å². The highest BCUT2D eigenvalue weighted by atomic mass is 35.5. The molecule has 0 radical (unpaired) electrons. The number of hydrogen-bond acceptors (Lipinski definition) is 3. The first kappa shape index (κ1) is 15.9. The van der Waals surface area contributed by atoms with Gasteiger partial charge in [-0.25, -0.2) is 0 Å². The Balaban J connectivity index is 2.14. The number of carbonyl (C=O) groups excluding carboxylic acids is 2. The fraction of sp³-hybridized carbons (Fsp3) is 0.600. The van der Waals surface area contributed by atoms with E-state index >= 15 is 0 Å². The molecular formula is C15H21ClN2O3. The van der Waals surface area contributed by atoms with Crippen LogP contribution in [0.2, 0.25) is 0 Å². The molecule has 2 rings (SSSR count). The fourth-order valence-corrected chi connectivity index (χ4v) is 2.96. The van der Waals surface area contributed by atoms with Gasteiger partial charge in [0.15, 0.2) is 0 Å². The Morgan fingerprint density at radius 1 is 1.48 bits per heavy atom. The van der Waals surface area contributed by atoms with Crippen molar-refractivity contribution in [2.45, 2.75) is 39.8 Å². The molecule has 1 fully saturated rings. The first-order valence-corrected chi connectivity index (χ1v) is 7.62. The smallest absolute Gasteiger partial charge is 0.238 e. The summed E-state index contributed by atoms with van der Waals surface area (Å²) < 4.78 is 5.52. The van der Waals surface area contributed by atoms with Crippen LogP contribution < -0.4 is 0 Å². The van der Waals surface area contributed by atoms with Crippen molar-refractivity contribution in [1.82, 2.24) is 9.80 Å². The number of amides is 2. The number of aryl methyl sites for hydroxylation is 2. The molecule has 1 unspecified atom stereocenters. The second-order valence-corrected chi connectivity index (χ2v) is 5.77. The Morgan fingerprint density at radius 2 is 2.19 bits per heavy atom. The van der Waals surface area contributed by atoms with Crippen molar-refractivity contribution in [1.29, 1.82) is 0 Å². The maximum atomic E-state index is 12.2. The van der Waals surface area contributed by atoms with Crippen molar-refractivity contribution < 1.29 is 14.0 Å². The number of likely N-dealkylation sites (tertiary alicyclic amines) is 1. The van der Waals surface area contributed by atoms with E-state index in [0.717, 1.165) is 23.5 Å². The predicted octanol–water partition coefficient (Wildman–Crippen LogP) is 2.08. The van der Waals surface area contributed by atoms with E-state index in [4.69, 9.17) is 16.0 Å². The van der Waals surface area contributed by atoms with E-state index in [1.165, 1.54) is 0 Å². The zero-order valence-corrected chi connectivity index (χ0v) is 13.4. The lowest BCUT2D eigenvalue weighted by molar-refractivity contribution is -0.133. The van der Waals surface area contributed by atoms with Crippen LogP contribution in [0, 0.1) is 13.8 Å². The van der Waals surface area contributed by atoms with E-state index in [-0.39, 0.29) is 23.7 Å². The monoisotopic (exact) mass is 312 g/mol. The molecule has 21 heavy (non-hydrogen) atoms. The zero-order valence-electron chi connectivity index (χ0n) is 12.7. The molecule has 116 valence electrons. The third-order valence-electron chi connectivity index (χ3n) is 3.97. The molecular weight excluding hydrogens is 292 g/mol. The summed E-state index contributed by atoms with van der Waals surface area (Å²) >= 11 is 5.74. The molecule has 1 saturated heterocycles. The summed E-state index contributed by atoms with van der Waals surface area (Å²) in [6.45, 7) is 7.08. The maximum Gasteiger partial charge on any atom is 0.238 e. The lowest BCUT2D eigenvalue weighted by Gasteiger charge is -2.28. The number of rotatable bonds is 4. The summed E-state index contributed by atoms with van der Waals surface area (Å²) in [5.41, 5.74) is 0.993. The number of halogens is 1. The van der Waals surface area contributed by atoms with Crippen molar-refractivity contribution in [2.75, 3.05) is 19.0 Å². The van der Waals surface area contributed by atoms with Gasteiger partial charge in [-0.3, -0.25) is 9.59 Å². The molecule has 0 aromatic carbocycles. The quantitative estimate of drug-likeness (QED) is 0.800. The minimum absolute atomic E-state index is 0.0229. The molecule has 0 bridgehead atoms. The van der Waals surface area contributed by atoms with Crippen LogP contribution in [0.3, 0.4) is 0 Å². The van der Waals surface area contributed by atoms with Gasteiger partial charge >= 0.3 is 0 Å². The summed E-state index contributed by atoms with van der Waals surface area (Å²) in [5.74, 6) is 1.54. The Labute approximate surface area is 129 Å². The summed E-state index contributed by atoms with van der Waals surface area (Å²) in [5, 5.41) is 0. The van der Waals surface area contributed by atoms with E-state index < -0.39 is 0 Å². The topological polar surface area (TPSA) is 53.8 Å². The molecule has 1 atom stereocenters. The Hall–Kier alpha value is -1.49. The molecule has 5 nitrogen and oxygen atoms in total. The van der Waals surface area contributed by atoms with Gasteiger partial charge in [-0.1, -0.05) is 0 Å². The molecule has 0 spiro atoms. The Bertz CT molecular complexity index is 541. The van der Waals surface area contributed by atoms with Gasteiger partial charge in [0.2, 0.25) is 11.8 Å². The van der Waals surface area contributed by atoms with Gasteiger partial charge in [0, 0.05) is 32.1 Å². The Kier molecular flexibility index (Phi) is 4.93. The molecule has 1 aliphatic rings. The van der Waals surface area contributed by atoms with Crippen LogP contribution in [-0.4, -0.2) is 46.6 Å². The molecule has 1 aromatic heterocycles. The molecule has 2 amide bonds. The molecule has 1 aliphatic heterocycles. The van der Waals surface area contributed by atoms with Crippen LogP contribution in [0.5, 0.6) is 0 Å². The standard InChI is InChI=1S/C15H21ClN2O3/c1-10-6-13(11(2)21-10)8-18(15(20)7-16)14-4-5-17(9-14)12(3)19/h6,14H,4-5,7-9H2,1-3H3. The average Bonchev–Trinajstić information content (AvgIpc) is 3.02. The van der Waals surface area contributed by atoms with E-state index in [9.17, 15) is 9.59 Å². The van der Waals surface area contributed by atoms with Crippen LogP contribution in [0.4, 0.5) is 0 Å². The zero-order chi connectivity index (χ0) is 15.6. The van der Waals surface area contributed by atoms with Gasteiger partial charge in [0.25, 0.3) is 0 Å². The van der Waals surface area contributed by atoms with Crippen LogP contribution in [0.1, 0.15) is 30.4 Å². The number of nitrogens with zero attached hydrogens (tertiary/aromatic N) is 2. The van der Waals surface area contributed by atoms with Gasteiger partial charge in [-0.2, -0.15) is 0 Å².